The van der Waals surface area contributed by atoms with Crippen molar-refractivity contribution in [3.63, 3.8) is 0 Å². The van der Waals surface area contributed by atoms with Crippen molar-refractivity contribution in [1.29, 1.82) is 0 Å². The van der Waals surface area contributed by atoms with Crippen LogP contribution in [0, 0.1) is 6.92 Å². The number of hydrogen-bond donors (Lipinski definition) is 2. The van der Waals surface area contributed by atoms with Gasteiger partial charge in [-0.15, -0.1) is 0 Å². The summed E-state index contributed by atoms with van der Waals surface area (Å²) in [6, 6.07) is 16.8. The third-order valence-corrected chi connectivity index (χ3v) is 4.22. The average Bonchev–Trinajstić information content (AvgIpc) is 2.70. The standard InChI is InChI=1S/C21H19N3O3/c1-14-4-2-3-5-17(14)24-21(25)18-12-16(8-9-22-18)23-15-6-7-19-20(13-15)27-11-10-26-19/h2-9,12-13H,10-11H2,1H3,(H,22,23)(H,24,25). The topological polar surface area (TPSA) is 72.5 Å². The second-order valence-electron chi connectivity index (χ2n) is 6.18. The highest BCUT2D eigenvalue weighted by molar-refractivity contribution is 6.03. The summed E-state index contributed by atoms with van der Waals surface area (Å²) in [6.45, 7) is 3.04. The molecule has 6 heteroatoms. The van der Waals surface area contributed by atoms with Crippen LogP contribution in [0.5, 0.6) is 11.5 Å². The van der Waals surface area contributed by atoms with Gasteiger partial charge in [0.05, 0.1) is 0 Å². The lowest BCUT2D eigenvalue weighted by Gasteiger charge is -2.19. The average molecular weight is 361 g/mol. The molecule has 1 amide bonds. The monoisotopic (exact) mass is 361 g/mol. The normalized spacial score (nSPS) is 12.3. The molecule has 3 aromatic rings. The first kappa shape index (κ1) is 16.9. The number of carbonyl (C=O) groups is 1. The van der Waals surface area contributed by atoms with Gasteiger partial charge in [-0.3, -0.25) is 9.78 Å². The molecular weight excluding hydrogens is 342 g/mol. The lowest BCUT2D eigenvalue weighted by atomic mass is 10.2. The van der Waals surface area contributed by atoms with Gasteiger partial charge < -0.3 is 20.1 Å². The first-order chi connectivity index (χ1) is 13.2. The van der Waals surface area contributed by atoms with Crippen LogP contribution in [0.25, 0.3) is 0 Å². The molecule has 0 fully saturated rings. The zero-order valence-corrected chi connectivity index (χ0v) is 14.9. The maximum atomic E-state index is 12.5. The Kier molecular flexibility index (Phi) is 4.61. The van der Waals surface area contributed by atoms with Crippen molar-refractivity contribution in [2.24, 2.45) is 0 Å². The minimum Gasteiger partial charge on any atom is -0.486 e. The lowest BCUT2D eigenvalue weighted by molar-refractivity contribution is 0.102. The number of nitrogens with one attached hydrogen (secondary N) is 2. The molecule has 1 aromatic heterocycles. The van der Waals surface area contributed by atoms with Crippen molar-refractivity contribution < 1.29 is 14.3 Å². The summed E-state index contributed by atoms with van der Waals surface area (Å²) in [7, 11) is 0. The van der Waals surface area contributed by atoms with Crippen molar-refractivity contribution in [3.05, 3.63) is 72.1 Å². The van der Waals surface area contributed by atoms with Crippen LogP contribution in [0.2, 0.25) is 0 Å². The van der Waals surface area contributed by atoms with E-state index in [9.17, 15) is 4.79 Å². The smallest absolute Gasteiger partial charge is 0.274 e. The lowest BCUT2D eigenvalue weighted by Crippen LogP contribution is -2.15. The Morgan fingerprint density at radius 2 is 1.74 bits per heavy atom. The van der Waals surface area contributed by atoms with Crippen molar-refractivity contribution in [1.82, 2.24) is 4.98 Å². The van der Waals surface area contributed by atoms with E-state index < -0.39 is 0 Å². The number of aryl methyl sites for hydroxylation is 1. The van der Waals surface area contributed by atoms with E-state index in [4.69, 9.17) is 9.47 Å². The molecule has 0 unspecified atom stereocenters. The van der Waals surface area contributed by atoms with Gasteiger partial charge in [-0.1, -0.05) is 18.2 Å². The molecule has 0 saturated carbocycles. The Labute approximate surface area is 157 Å². The molecule has 1 aliphatic heterocycles. The Morgan fingerprint density at radius 1 is 0.963 bits per heavy atom. The van der Waals surface area contributed by atoms with Crippen LogP contribution < -0.4 is 20.1 Å². The molecule has 1 aliphatic rings. The first-order valence-electron chi connectivity index (χ1n) is 8.69. The number of rotatable bonds is 4. The number of anilines is 3. The third-order valence-electron chi connectivity index (χ3n) is 4.22. The van der Waals surface area contributed by atoms with Gasteiger partial charge >= 0.3 is 0 Å². The molecule has 0 aliphatic carbocycles. The summed E-state index contributed by atoms with van der Waals surface area (Å²) in [6.07, 6.45) is 1.60. The number of pyridine rings is 1. The summed E-state index contributed by atoms with van der Waals surface area (Å²) < 4.78 is 11.1. The number of benzene rings is 2. The minimum absolute atomic E-state index is 0.255. The van der Waals surface area contributed by atoms with E-state index in [-0.39, 0.29) is 5.91 Å². The summed E-state index contributed by atoms with van der Waals surface area (Å²) >= 11 is 0. The van der Waals surface area contributed by atoms with Crippen LogP contribution in [0.1, 0.15) is 16.1 Å². The molecule has 0 saturated heterocycles. The molecular formula is C21H19N3O3. The first-order valence-corrected chi connectivity index (χ1v) is 8.69. The van der Waals surface area contributed by atoms with E-state index >= 15 is 0 Å². The van der Waals surface area contributed by atoms with Crippen molar-refractivity contribution in [2.45, 2.75) is 6.92 Å². The van der Waals surface area contributed by atoms with Crippen LogP contribution in [0.3, 0.4) is 0 Å². The molecule has 2 heterocycles. The molecule has 0 spiro atoms. The molecule has 136 valence electrons. The second-order valence-corrected chi connectivity index (χ2v) is 6.18. The Morgan fingerprint density at radius 3 is 2.59 bits per heavy atom. The third kappa shape index (κ3) is 3.84. The fourth-order valence-electron chi connectivity index (χ4n) is 2.82. The van der Waals surface area contributed by atoms with Gasteiger partial charge in [0, 0.05) is 29.3 Å². The maximum Gasteiger partial charge on any atom is 0.274 e. The largest absolute Gasteiger partial charge is 0.486 e. The highest BCUT2D eigenvalue weighted by Gasteiger charge is 2.13. The van der Waals surface area contributed by atoms with Gasteiger partial charge in [-0.05, 0) is 42.8 Å². The number of carbonyl (C=O) groups excluding carboxylic acids is 1. The van der Waals surface area contributed by atoms with E-state index in [1.807, 2.05) is 49.4 Å². The van der Waals surface area contributed by atoms with Crippen LogP contribution in [0.15, 0.2) is 60.8 Å². The fourth-order valence-corrected chi connectivity index (χ4v) is 2.82. The van der Waals surface area contributed by atoms with Gasteiger partial charge in [0.25, 0.3) is 5.91 Å². The molecule has 0 bridgehead atoms. The SMILES string of the molecule is Cc1ccccc1NC(=O)c1cc(Nc2ccc3c(c2)OCCO3)ccn1. The second kappa shape index (κ2) is 7.37. The van der Waals surface area contributed by atoms with Crippen LogP contribution in [-0.2, 0) is 0 Å². The minimum atomic E-state index is -0.255. The van der Waals surface area contributed by atoms with Gasteiger partial charge in [-0.25, -0.2) is 0 Å². The predicted molar refractivity (Wildman–Crippen MR) is 104 cm³/mol. The predicted octanol–water partition coefficient (Wildman–Crippen LogP) is 4.16. The Balaban J connectivity index is 1.51. The molecule has 4 rings (SSSR count). The van der Waals surface area contributed by atoms with E-state index in [1.165, 1.54) is 0 Å². The fraction of sp³-hybridized carbons (Fsp3) is 0.143. The number of hydrogen-bond acceptors (Lipinski definition) is 5. The van der Waals surface area contributed by atoms with Crippen molar-refractivity contribution in [2.75, 3.05) is 23.8 Å². The number of ether oxygens (including phenoxy) is 2. The van der Waals surface area contributed by atoms with Crippen molar-refractivity contribution in [3.8, 4) is 11.5 Å². The Bertz CT molecular complexity index is 988. The van der Waals surface area contributed by atoms with Crippen LogP contribution >= 0.6 is 0 Å². The number of aromatic nitrogens is 1. The van der Waals surface area contributed by atoms with E-state index in [1.54, 1.807) is 18.3 Å². The van der Waals surface area contributed by atoms with Gasteiger partial charge in [-0.2, -0.15) is 0 Å². The van der Waals surface area contributed by atoms with Crippen LogP contribution in [-0.4, -0.2) is 24.1 Å². The van der Waals surface area contributed by atoms with E-state index in [2.05, 4.69) is 15.6 Å². The van der Waals surface area contributed by atoms with Gasteiger partial charge in [0.15, 0.2) is 11.5 Å². The number of amides is 1. The molecule has 0 radical (unpaired) electrons. The Hall–Kier alpha value is -3.54. The molecule has 2 N–H and O–H groups in total. The van der Waals surface area contributed by atoms with E-state index in [0.29, 0.717) is 24.7 Å². The highest BCUT2D eigenvalue weighted by atomic mass is 16.6. The quantitative estimate of drug-likeness (QED) is 0.730. The zero-order chi connectivity index (χ0) is 18.6. The van der Waals surface area contributed by atoms with Crippen LogP contribution in [0.4, 0.5) is 17.1 Å². The summed E-state index contributed by atoms with van der Waals surface area (Å²) in [4.78, 5) is 16.7. The number of nitrogens with zero attached hydrogens (tertiary/aromatic N) is 1. The highest BCUT2D eigenvalue weighted by Crippen LogP contribution is 2.33. The summed E-state index contributed by atoms with van der Waals surface area (Å²) in [5.74, 6) is 1.19. The van der Waals surface area contributed by atoms with E-state index in [0.717, 1.165) is 28.4 Å². The number of para-hydroxylation sites is 1. The van der Waals surface area contributed by atoms with Crippen molar-refractivity contribution >= 4 is 23.0 Å². The molecule has 6 nitrogen and oxygen atoms in total. The number of fused-ring (bicyclic) bond motifs is 1. The zero-order valence-electron chi connectivity index (χ0n) is 14.9. The summed E-state index contributed by atoms with van der Waals surface area (Å²) in [5, 5.41) is 6.16. The molecule has 2 aromatic carbocycles. The molecule has 27 heavy (non-hydrogen) atoms. The summed E-state index contributed by atoms with van der Waals surface area (Å²) in [5.41, 5.74) is 3.71. The maximum absolute atomic E-state index is 12.5. The molecule has 0 atom stereocenters. The van der Waals surface area contributed by atoms with Gasteiger partial charge in [0.1, 0.15) is 18.9 Å². The van der Waals surface area contributed by atoms with Gasteiger partial charge in [0.2, 0.25) is 0 Å².